The Hall–Kier alpha value is -1.03. The van der Waals surface area contributed by atoms with E-state index in [-0.39, 0.29) is 11.2 Å². The van der Waals surface area contributed by atoms with Gasteiger partial charge in [0.1, 0.15) is 0 Å². The summed E-state index contributed by atoms with van der Waals surface area (Å²) in [5.74, 6) is 0.251. The summed E-state index contributed by atoms with van der Waals surface area (Å²) < 4.78 is 26.8. The van der Waals surface area contributed by atoms with Gasteiger partial charge in [-0.2, -0.15) is 0 Å². The second-order valence-corrected chi connectivity index (χ2v) is 8.57. The van der Waals surface area contributed by atoms with E-state index in [2.05, 4.69) is 32.9 Å². The lowest BCUT2D eigenvalue weighted by molar-refractivity contribution is 0.582. The molecule has 0 unspecified atom stereocenters. The molecule has 2 rings (SSSR count). The number of nitrogens with zero attached hydrogens (tertiary/aromatic N) is 1. The van der Waals surface area contributed by atoms with Crippen molar-refractivity contribution in [2.24, 2.45) is 0 Å². The van der Waals surface area contributed by atoms with Crippen molar-refractivity contribution >= 4 is 15.7 Å². The van der Waals surface area contributed by atoms with E-state index in [9.17, 15) is 8.42 Å². The van der Waals surface area contributed by atoms with E-state index < -0.39 is 10.0 Å². The zero-order valence-electron chi connectivity index (χ0n) is 12.9. The molecule has 0 spiro atoms. The highest BCUT2D eigenvalue weighted by molar-refractivity contribution is 7.92. The first kappa shape index (κ1) is 15.4. The minimum atomic E-state index is -3.18. The predicted octanol–water partition coefficient (Wildman–Crippen LogP) is 3.48. The molecular weight excluding hydrogens is 270 g/mol. The Morgan fingerprint density at radius 1 is 1.25 bits per heavy atom. The summed E-state index contributed by atoms with van der Waals surface area (Å²) in [5, 5.41) is 0. The molecule has 0 amide bonds. The summed E-state index contributed by atoms with van der Waals surface area (Å²) in [6.07, 6.45) is 2.46. The van der Waals surface area contributed by atoms with Crippen LogP contribution in [0.1, 0.15) is 51.7 Å². The van der Waals surface area contributed by atoms with Crippen LogP contribution >= 0.6 is 0 Å². The predicted molar refractivity (Wildman–Crippen MR) is 84.9 cm³/mol. The normalized spacial score (nSPS) is 15.5. The average Bonchev–Trinajstić information content (AvgIpc) is 2.79. The number of hydrogen-bond donors (Lipinski definition) is 0. The Kier molecular flexibility index (Phi) is 4.14. The fourth-order valence-electron chi connectivity index (χ4n) is 2.74. The molecule has 20 heavy (non-hydrogen) atoms. The largest absolute Gasteiger partial charge is 0.269 e. The third-order valence-corrected chi connectivity index (χ3v) is 5.69. The number of anilines is 1. The first-order valence-corrected chi connectivity index (χ1v) is 9.01. The number of sulfonamides is 1. The molecule has 1 aliphatic heterocycles. The summed E-state index contributed by atoms with van der Waals surface area (Å²) in [6, 6.07) is 6.16. The molecule has 0 fully saturated rings. The third kappa shape index (κ3) is 2.85. The van der Waals surface area contributed by atoms with Gasteiger partial charge >= 0.3 is 0 Å². The monoisotopic (exact) mass is 295 g/mol. The van der Waals surface area contributed by atoms with Crippen molar-refractivity contribution < 1.29 is 8.42 Å². The van der Waals surface area contributed by atoms with Crippen LogP contribution in [-0.2, 0) is 21.9 Å². The fraction of sp³-hybridized carbons (Fsp3) is 0.625. The van der Waals surface area contributed by atoms with Crippen LogP contribution in [0.3, 0.4) is 0 Å². The lowest BCUT2D eigenvalue weighted by atomic mass is 9.85. The minimum absolute atomic E-state index is 0.0474. The summed E-state index contributed by atoms with van der Waals surface area (Å²) in [7, 11) is -3.18. The molecule has 0 radical (unpaired) electrons. The van der Waals surface area contributed by atoms with E-state index >= 15 is 0 Å². The van der Waals surface area contributed by atoms with Crippen LogP contribution < -0.4 is 4.31 Å². The number of fused-ring (bicyclic) bond motifs is 1. The van der Waals surface area contributed by atoms with E-state index in [1.54, 1.807) is 4.31 Å². The molecule has 0 atom stereocenters. The smallest absolute Gasteiger partial charge is 0.235 e. The van der Waals surface area contributed by atoms with Crippen molar-refractivity contribution in [2.75, 3.05) is 16.6 Å². The molecular formula is C16H25NO2S. The van der Waals surface area contributed by atoms with E-state index in [1.807, 2.05) is 13.0 Å². The van der Waals surface area contributed by atoms with Crippen LogP contribution in [0, 0.1) is 0 Å². The lowest BCUT2D eigenvalue weighted by Crippen LogP contribution is -2.33. The van der Waals surface area contributed by atoms with Gasteiger partial charge in [0.05, 0.1) is 11.4 Å². The Labute approximate surface area is 123 Å². The lowest BCUT2D eigenvalue weighted by Gasteiger charge is -2.28. The average molecular weight is 295 g/mol. The number of para-hydroxylation sites is 1. The number of rotatable bonds is 4. The molecule has 0 aliphatic carbocycles. The molecule has 1 heterocycles. The summed E-state index contributed by atoms with van der Waals surface area (Å²) in [5.41, 5.74) is 3.19. The SMILES string of the molecule is CCCCS(=O)(=O)N1CCc2cccc(C(C)(C)C)c21. The summed E-state index contributed by atoms with van der Waals surface area (Å²) >= 11 is 0. The zero-order chi connectivity index (χ0) is 15.0. The van der Waals surface area contributed by atoms with E-state index in [4.69, 9.17) is 0 Å². The van der Waals surface area contributed by atoms with Crippen LogP contribution in [0.15, 0.2) is 18.2 Å². The molecule has 0 aromatic heterocycles. The maximum atomic E-state index is 12.6. The Morgan fingerprint density at radius 2 is 1.95 bits per heavy atom. The van der Waals surface area contributed by atoms with Crippen molar-refractivity contribution in [1.29, 1.82) is 0 Å². The van der Waals surface area contributed by atoms with Gasteiger partial charge in [-0.1, -0.05) is 52.3 Å². The van der Waals surface area contributed by atoms with Crippen LogP contribution in [0.4, 0.5) is 5.69 Å². The topological polar surface area (TPSA) is 37.4 Å². The van der Waals surface area contributed by atoms with Crippen molar-refractivity contribution in [1.82, 2.24) is 0 Å². The first-order valence-electron chi connectivity index (χ1n) is 7.40. The van der Waals surface area contributed by atoms with Crippen LogP contribution in [-0.4, -0.2) is 20.7 Å². The van der Waals surface area contributed by atoms with Crippen LogP contribution in [0.5, 0.6) is 0 Å². The summed E-state index contributed by atoms with van der Waals surface area (Å²) in [6.45, 7) is 9.02. The maximum absolute atomic E-state index is 12.6. The van der Waals surface area contributed by atoms with Gasteiger partial charge in [-0.3, -0.25) is 4.31 Å². The van der Waals surface area contributed by atoms with Gasteiger partial charge in [-0.05, 0) is 29.4 Å². The van der Waals surface area contributed by atoms with E-state index in [0.29, 0.717) is 6.54 Å². The highest BCUT2D eigenvalue weighted by Gasteiger charge is 2.33. The van der Waals surface area contributed by atoms with E-state index in [0.717, 1.165) is 36.1 Å². The van der Waals surface area contributed by atoms with Crippen molar-refractivity contribution in [3.63, 3.8) is 0 Å². The fourth-order valence-corrected chi connectivity index (χ4v) is 4.48. The molecule has 1 aliphatic rings. The van der Waals surface area contributed by atoms with Crippen LogP contribution in [0.2, 0.25) is 0 Å². The minimum Gasteiger partial charge on any atom is -0.269 e. The Balaban J connectivity index is 2.47. The number of hydrogen-bond acceptors (Lipinski definition) is 2. The van der Waals surface area contributed by atoms with Gasteiger partial charge < -0.3 is 0 Å². The molecule has 1 aromatic carbocycles. The molecule has 4 heteroatoms. The molecule has 112 valence electrons. The van der Waals surface area contributed by atoms with Crippen molar-refractivity contribution in [2.45, 2.75) is 52.4 Å². The van der Waals surface area contributed by atoms with Gasteiger partial charge in [0.25, 0.3) is 0 Å². The molecule has 0 N–H and O–H groups in total. The highest BCUT2D eigenvalue weighted by Crippen LogP contribution is 2.39. The third-order valence-electron chi connectivity index (χ3n) is 3.85. The van der Waals surface area contributed by atoms with Crippen molar-refractivity contribution in [3.05, 3.63) is 29.3 Å². The highest BCUT2D eigenvalue weighted by atomic mass is 32.2. The summed E-state index contributed by atoms with van der Waals surface area (Å²) in [4.78, 5) is 0. The maximum Gasteiger partial charge on any atom is 0.235 e. The van der Waals surface area contributed by atoms with Gasteiger partial charge in [-0.15, -0.1) is 0 Å². The Bertz CT molecular complexity index is 585. The molecule has 0 saturated heterocycles. The Morgan fingerprint density at radius 3 is 2.55 bits per heavy atom. The standard InChI is InChI=1S/C16H25NO2S/c1-5-6-12-20(18,19)17-11-10-13-8-7-9-14(15(13)17)16(2,3)4/h7-9H,5-6,10-12H2,1-4H3. The van der Waals surface area contributed by atoms with Gasteiger partial charge in [-0.25, -0.2) is 8.42 Å². The van der Waals surface area contributed by atoms with Crippen molar-refractivity contribution in [3.8, 4) is 0 Å². The second-order valence-electron chi connectivity index (χ2n) is 6.56. The molecule has 0 saturated carbocycles. The number of benzene rings is 1. The molecule has 3 nitrogen and oxygen atoms in total. The second kappa shape index (κ2) is 5.40. The zero-order valence-corrected chi connectivity index (χ0v) is 13.8. The van der Waals surface area contributed by atoms with Gasteiger partial charge in [0, 0.05) is 6.54 Å². The number of unbranched alkanes of at least 4 members (excludes halogenated alkanes) is 1. The van der Waals surface area contributed by atoms with Crippen LogP contribution in [0.25, 0.3) is 0 Å². The van der Waals surface area contributed by atoms with Gasteiger partial charge in [0.15, 0.2) is 0 Å². The quantitative estimate of drug-likeness (QED) is 0.853. The molecule has 0 bridgehead atoms. The first-order chi connectivity index (χ1) is 9.27. The van der Waals surface area contributed by atoms with Gasteiger partial charge in [0.2, 0.25) is 10.0 Å². The van der Waals surface area contributed by atoms with E-state index in [1.165, 1.54) is 0 Å². The molecule has 1 aromatic rings.